The van der Waals surface area contributed by atoms with Crippen LogP contribution >= 0.6 is 27.3 Å². The molecule has 0 atom stereocenters. The largest absolute Gasteiger partial charge is 0.378 e. The van der Waals surface area contributed by atoms with Gasteiger partial charge in [-0.3, -0.25) is 4.79 Å². The molecular formula is C13H11BrN4OS. The standard InChI is InChI=1S/C13H11BrN4OS/c1-8-17-18-12(19)6-9(16-13(18)20-8)7-15-11-5-3-2-4-10(11)14/h2-6,15H,7H2,1H3. The lowest BCUT2D eigenvalue weighted by Gasteiger charge is -2.07. The van der Waals surface area contributed by atoms with Crippen molar-refractivity contribution in [3.8, 4) is 0 Å². The number of aryl methyl sites for hydroxylation is 1. The van der Waals surface area contributed by atoms with Crippen LogP contribution < -0.4 is 10.9 Å². The quantitative estimate of drug-likeness (QED) is 0.788. The van der Waals surface area contributed by atoms with Gasteiger partial charge in [-0.05, 0) is 35.0 Å². The van der Waals surface area contributed by atoms with E-state index in [4.69, 9.17) is 0 Å². The zero-order valence-electron chi connectivity index (χ0n) is 10.6. The number of benzene rings is 1. The molecule has 0 aliphatic heterocycles. The number of anilines is 1. The maximum atomic E-state index is 11.9. The highest BCUT2D eigenvalue weighted by Gasteiger charge is 2.07. The van der Waals surface area contributed by atoms with Gasteiger partial charge in [0.05, 0.1) is 12.2 Å². The van der Waals surface area contributed by atoms with Gasteiger partial charge in [-0.2, -0.15) is 9.61 Å². The lowest BCUT2D eigenvalue weighted by Crippen LogP contribution is -2.16. The Morgan fingerprint density at radius 3 is 3.00 bits per heavy atom. The number of para-hydroxylation sites is 1. The monoisotopic (exact) mass is 350 g/mol. The first kappa shape index (κ1) is 13.3. The van der Waals surface area contributed by atoms with Gasteiger partial charge in [0.25, 0.3) is 5.56 Å². The predicted octanol–water partition coefficient (Wildman–Crippen LogP) is 2.83. The van der Waals surface area contributed by atoms with Gasteiger partial charge < -0.3 is 5.32 Å². The molecule has 0 fully saturated rings. The maximum Gasteiger partial charge on any atom is 0.275 e. The molecule has 102 valence electrons. The van der Waals surface area contributed by atoms with Crippen LogP contribution in [0.2, 0.25) is 0 Å². The van der Waals surface area contributed by atoms with Gasteiger partial charge in [0.15, 0.2) is 0 Å². The third kappa shape index (κ3) is 2.59. The molecule has 5 nitrogen and oxygen atoms in total. The fraction of sp³-hybridized carbons (Fsp3) is 0.154. The molecule has 0 aliphatic rings. The molecular weight excluding hydrogens is 340 g/mol. The van der Waals surface area contributed by atoms with Crippen molar-refractivity contribution in [3.05, 3.63) is 55.9 Å². The number of nitrogens with zero attached hydrogens (tertiary/aromatic N) is 3. The van der Waals surface area contributed by atoms with E-state index in [0.29, 0.717) is 17.2 Å². The molecule has 0 amide bonds. The van der Waals surface area contributed by atoms with E-state index in [1.54, 1.807) is 0 Å². The highest BCUT2D eigenvalue weighted by molar-refractivity contribution is 9.10. The van der Waals surface area contributed by atoms with Gasteiger partial charge in [-0.25, -0.2) is 4.98 Å². The maximum absolute atomic E-state index is 11.9. The van der Waals surface area contributed by atoms with Crippen LogP contribution in [0.3, 0.4) is 0 Å². The van der Waals surface area contributed by atoms with Crippen molar-refractivity contribution in [2.75, 3.05) is 5.32 Å². The Kier molecular flexibility index (Phi) is 3.54. The summed E-state index contributed by atoms with van der Waals surface area (Å²) < 4.78 is 2.31. The zero-order valence-corrected chi connectivity index (χ0v) is 13.0. The van der Waals surface area contributed by atoms with Crippen molar-refractivity contribution < 1.29 is 0 Å². The first-order valence-corrected chi connectivity index (χ1v) is 7.59. The van der Waals surface area contributed by atoms with Crippen molar-refractivity contribution in [2.24, 2.45) is 0 Å². The highest BCUT2D eigenvalue weighted by Crippen LogP contribution is 2.21. The third-order valence-corrected chi connectivity index (χ3v) is 4.25. The van der Waals surface area contributed by atoms with Crippen LogP contribution in [0.25, 0.3) is 4.96 Å². The SMILES string of the molecule is Cc1nn2c(=O)cc(CNc3ccccc3Br)nc2s1. The van der Waals surface area contributed by atoms with Crippen molar-refractivity contribution >= 4 is 37.9 Å². The molecule has 1 aromatic carbocycles. The first-order chi connectivity index (χ1) is 9.63. The van der Waals surface area contributed by atoms with E-state index in [9.17, 15) is 4.79 Å². The zero-order chi connectivity index (χ0) is 14.1. The van der Waals surface area contributed by atoms with Crippen LogP contribution in [0.5, 0.6) is 0 Å². The number of nitrogens with one attached hydrogen (secondary N) is 1. The second-order valence-corrected chi connectivity index (χ2v) is 6.25. The Morgan fingerprint density at radius 2 is 2.20 bits per heavy atom. The van der Waals surface area contributed by atoms with Crippen molar-refractivity contribution in [1.29, 1.82) is 0 Å². The van der Waals surface area contributed by atoms with E-state index >= 15 is 0 Å². The topological polar surface area (TPSA) is 59.3 Å². The number of rotatable bonds is 3. The fourth-order valence-corrected chi connectivity index (χ4v) is 3.02. The summed E-state index contributed by atoms with van der Waals surface area (Å²) in [5.41, 5.74) is 1.52. The Labute approximate surface area is 127 Å². The molecule has 3 rings (SSSR count). The molecule has 0 radical (unpaired) electrons. The number of hydrogen-bond donors (Lipinski definition) is 1. The van der Waals surface area contributed by atoms with Gasteiger partial charge in [-0.1, -0.05) is 23.5 Å². The summed E-state index contributed by atoms with van der Waals surface area (Å²) in [6, 6.07) is 9.33. The Morgan fingerprint density at radius 1 is 1.40 bits per heavy atom. The van der Waals surface area contributed by atoms with E-state index in [2.05, 4.69) is 31.3 Å². The molecule has 0 spiro atoms. The minimum atomic E-state index is -0.150. The molecule has 0 saturated carbocycles. The van der Waals surface area contributed by atoms with Gasteiger partial charge in [0.2, 0.25) is 4.96 Å². The van der Waals surface area contributed by atoms with Crippen LogP contribution in [-0.2, 0) is 6.54 Å². The van der Waals surface area contributed by atoms with Crippen molar-refractivity contribution in [2.45, 2.75) is 13.5 Å². The van der Waals surface area contributed by atoms with Crippen LogP contribution in [0.4, 0.5) is 5.69 Å². The molecule has 0 bridgehead atoms. The van der Waals surface area contributed by atoms with E-state index in [1.807, 2.05) is 31.2 Å². The Bertz CT molecular complexity index is 827. The second-order valence-electron chi connectivity index (χ2n) is 4.23. The first-order valence-electron chi connectivity index (χ1n) is 5.98. The van der Waals surface area contributed by atoms with Crippen molar-refractivity contribution in [1.82, 2.24) is 14.6 Å². The van der Waals surface area contributed by atoms with E-state index in [1.165, 1.54) is 21.9 Å². The molecule has 2 aromatic heterocycles. The van der Waals surface area contributed by atoms with Gasteiger partial charge in [0, 0.05) is 16.2 Å². The number of halogens is 1. The summed E-state index contributed by atoms with van der Waals surface area (Å²) in [5.74, 6) is 0. The smallest absolute Gasteiger partial charge is 0.275 e. The minimum absolute atomic E-state index is 0.150. The van der Waals surface area contributed by atoms with Crippen LogP contribution in [0.15, 0.2) is 39.6 Å². The highest BCUT2D eigenvalue weighted by atomic mass is 79.9. The lowest BCUT2D eigenvalue weighted by atomic mass is 10.3. The third-order valence-electron chi connectivity index (χ3n) is 2.73. The Hall–Kier alpha value is -1.73. The number of aromatic nitrogens is 3. The number of fused-ring (bicyclic) bond motifs is 1. The molecule has 20 heavy (non-hydrogen) atoms. The lowest BCUT2D eigenvalue weighted by molar-refractivity contribution is 0.863. The summed E-state index contributed by atoms with van der Waals surface area (Å²) in [6.07, 6.45) is 0. The fourth-order valence-electron chi connectivity index (χ4n) is 1.83. The summed E-state index contributed by atoms with van der Waals surface area (Å²) in [6.45, 7) is 2.35. The summed E-state index contributed by atoms with van der Waals surface area (Å²) in [7, 11) is 0. The summed E-state index contributed by atoms with van der Waals surface area (Å²) >= 11 is 4.88. The number of hydrogen-bond acceptors (Lipinski definition) is 5. The van der Waals surface area contributed by atoms with Gasteiger partial charge in [0.1, 0.15) is 5.01 Å². The van der Waals surface area contributed by atoms with Gasteiger partial charge in [-0.15, -0.1) is 0 Å². The minimum Gasteiger partial charge on any atom is -0.378 e. The van der Waals surface area contributed by atoms with Gasteiger partial charge >= 0.3 is 0 Å². The van der Waals surface area contributed by atoms with Crippen LogP contribution in [0.1, 0.15) is 10.7 Å². The Balaban J connectivity index is 1.88. The average molecular weight is 351 g/mol. The van der Waals surface area contributed by atoms with Crippen molar-refractivity contribution in [3.63, 3.8) is 0 Å². The van der Waals surface area contributed by atoms with E-state index in [0.717, 1.165) is 15.2 Å². The van der Waals surface area contributed by atoms with E-state index < -0.39 is 0 Å². The normalized spacial score (nSPS) is 10.9. The van der Waals surface area contributed by atoms with E-state index in [-0.39, 0.29) is 5.56 Å². The van der Waals surface area contributed by atoms with Crippen LogP contribution in [-0.4, -0.2) is 14.6 Å². The molecule has 0 saturated heterocycles. The molecule has 3 aromatic rings. The van der Waals surface area contributed by atoms with Crippen LogP contribution in [0, 0.1) is 6.92 Å². The molecule has 0 unspecified atom stereocenters. The average Bonchev–Trinajstić information content (AvgIpc) is 2.79. The molecule has 7 heteroatoms. The molecule has 2 heterocycles. The molecule has 1 N–H and O–H groups in total. The summed E-state index contributed by atoms with van der Waals surface area (Å²) in [5, 5.41) is 8.20. The predicted molar refractivity (Wildman–Crippen MR) is 83.3 cm³/mol. The molecule has 0 aliphatic carbocycles. The summed E-state index contributed by atoms with van der Waals surface area (Å²) in [4.78, 5) is 17.0. The second kappa shape index (κ2) is 5.34.